The van der Waals surface area contributed by atoms with Crippen LogP contribution in [-0.2, 0) is 0 Å². The molecule has 1 fully saturated rings. The smallest absolute Gasteiger partial charge is 0.270 e. The minimum Gasteiger partial charge on any atom is -0.497 e. The highest BCUT2D eigenvalue weighted by Crippen LogP contribution is 2.33. The van der Waals surface area contributed by atoms with Gasteiger partial charge in [-0.2, -0.15) is 0 Å². The molecule has 0 aliphatic carbocycles. The fourth-order valence-corrected chi connectivity index (χ4v) is 4.34. The van der Waals surface area contributed by atoms with Gasteiger partial charge in [0, 0.05) is 47.2 Å². The quantitative estimate of drug-likeness (QED) is 0.548. The van der Waals surface area contributed by atoms with Crippen LogP contribution in [0.2, 0.25) is 0 Å². The molecule has 1 saturated heterocycles. The Hall–Kier alpha value is -3.21. The molecule has 5 nitrogen and oxygen atoms in total. The van der Waals surface area contributed by atoms with Gasteiger partial charge in [-0.15, -0.1) is 0 Å². The van der Waals surface area contributed by atoms with E-state index in [1.54, 1.807) is 7.11 Å². The topological polar surface area (TPSA) is 61.1 Å². The molecule has 28 heavy (non-hydrogen) atoms. The van der Waals surface area contributed by atoms with E-state index in [0.29, 0.717) is 11.6 Å². The van der Waals surface area contributed by atoms with Crippen molar-refractivity contribution in [3.63, 3.8) is 0 Å². The van der Waals surface area contributed by atoms with Crippen LogP contribution in [0.4, 0.5) is 0 Å². The van der Waals surface area contributed by atoms with Gasteiger partial charge in [0.15, 0.2) is 0 Å². The molecule has 1 aliphatic heterocycles. The lowest BCUT2D eigenvalue weighted by molar-refractivity contribution is 0.0708. The summed E-state index contributed by atoms with van der Waals surface area (Å²) in [5.41, 5.74) is 4.13. The molecule has 0 atom stereocenters. The van der Waals surface area contributed by atoms with E-state index >= 15 is 0 Å². The summed E-state index contributed by atoms with van der Waals surface area (Å²) in [4.78, 5) is 21.6. The molecule has 1 amide bonds. The van der Waals surface area contributed by atoms with Gasteiger partial charge in [0.2, 0.25) is 0 Å². The first kappa shape index (κ1) is 16.9. The summed E-state index contributed by atoms with van der Waals surface area (Å²) in [6.45, 7) is 1.56. The van der Waals surface area contributed by atoms with E-state index in [2.05, 4.69) is 40.4 Å². The van der Waals surface area contributed by atoms with E-state index in [0.717, 1.165) is 42.6 Å². The van der Waals surface area contributed by atoms with Gasteiger partial charge in [-0.3, -0.25) is 4.79 Å². The molecular formula is C23H23N3O2. The van der Waals surface area contributed by atoms with E-state index in [1.165, 1.54) is 16.5 Å². The zero-order valence-corrected chi connectivity index (χ0v) is 15.9. The Morgan fingerprint density at radius 2 is 1.89 bits per heavy atom. The summed E-state index contributed by atoms with van der Waals surface area (Å²) in [5, 5.41) is 2.33. The number of hydrogen-bond donors (Lipinski definition) is 2. The van der Waals surface area contributed by atoms with Crippen molar-refractivity contribution in [2.45, 2.75) is 18.8 Å². The first-order valence-corrected chi connectivity index (χ1v) is 9.75. The van der Waals surface area contributed by atoms with Crippen LogP contribution < -0.4 is 4.74 Å². The average molecular weight is 373 g/mol. The Morgan fingerprint density at radius 1 is 1.07 bits per heavy atom. The number of benzene rings is 2. The highest BCUT2D eigenvalue weighted by Gasteiger charge is 2.26. The first-order chi connectivity index (χ1) is 13.7. The number of carbonyl (C=O) groups is 1. The number of rotatable bonds is 3. The lowest BCUT2D eigenvalue weighted by Crippen LogP contribution is -2.38. The Bertz CT molecular complexity index is 1150. The van der Waals surface area contributed by atoms with Crippen LogP contribution in [0.3, 0.4) is 0 Å². The van der Waals surface area contributed by atoms with E-state index < -0.39 is 0 Å². The SMILES string of the molecule is COc1ccc2cc(C(=O)N3CCC(c4c[nH]c5ccccc45)CC3)[nH]c2c1. The minimum absolute atomic E-state index is 0.0764. The van der Waals surface area contributed by atoms with Gasteiger partial charge < -0.3 is 19.6 Å². The molecule has 142 valence electrons. The molecule has 5 rings (SSSR count). The summed E-state index contributed by atoms with van der Waals surface area (Å²) >= 11 is 0. The fourth-order valence-electron chi connectivity index (χ4n) is 4.34. The van der Waals surface area contributed by atoms with Crippen molar-refractivity contribution in [1.82, 2.24) is 14.9 Å². The Labute approximate surface area is 163 Å². The predicted molar refractivity (Wildman–Crippen MR) is 111 cm³/mol. The predicted octanol–water partition coefficient (Wildman–Crippen LogP) is 4.68. The number of nitrogens with one attached hydrogen (secondary N) is 2. The van der Waals surface area contributed by atoms with E-state index in [-0.39, 0.29) is 5.91 Å². The number of likely N-dealkylation sites (tertiary alicyclic amines) is 1. The number of aromatic amines is 2. The van der Waals surface area contributed by atoms with Crippen molar-refractivity contribution in [1.29, 1.82) is 0 Å². The van der Waals surface area contributed by atoms with Crippen LogP contribution >= 0.6 is 0 Å². The number of nitrogens with zero attached hydrogens (tertiary/aromatic N) is 1. The number of hydrogen-bond acceptors (Lipinski definition) is 2. The summed E-state index contributed by atoms with van der Waals surface area (Å²) < 4.78 is 5.27. The zero-order valence-electron chi connectivity index (χ0n) is 15.9. The molecule has 2 aromatic carbocycles. The number of amides is 1. The summed E-state index contributed by atoms with van der Waals surface area (Å²) in [6.07, 6.45) is 4.11. The normalized spacial score (nSPS) is 15.4. The number of piperidine rings is 1. The van der Waals surface area contributed by atoms with Gasteiger partial charge in [-0.05, 0) is 48.6 Å². The largest absolute Gasteiger partial charge is 0.497 e. The second-order valence-electron chi connectivity index (χ2n) is 7.49. The number of ether oxygens (including phenoxy) is 1. The number of para-hydroxylation sites is 1. The fraction of sp³-hybridized carbons (Fsp3) is 0.261. The van der Waals surface area contributed by atoms with Crippen molar-refractivity contribution >= 4 is 27.7 Å². The van der Waals surface area contributed by atoms with Crippen LogP contribution in [-0.4, -0.2) is 41.0 Å². The number of H-pyrrole nitrogens is 2. The lowest BCUT2D eigenvalue weighted by atomic mass is 9.89. The van der Waals surface area contributed by atoms with Gasteiger partial charge in [-0.25, -0.2) is 0 Å². The second-order valence-corrected chi connectivity index (χ2v) is 7.49. The first-order valence-electron chi connectivity index (χ1n) is 9.75. The lowest BCUT2D eigenvalue weighted by Gasteiger charge is -2.31. The summed E-state index contributed by atoms with van der Waals surface area (Å²) in [5.74, 6) is 1.35. The number of methoxy groups -OCH3 is 1. The van der Waals surface area contributed by atoms with Gasteiger partial charge in [0.1, 0.15) is 11.4 Å². The van der Waals surface area contributed by atoms with E-state index in [9.17, 15) is 4.79 Å². The highest BCUT2D eigenvalue weighted by molar-refractivity contribution is 5.98. The van der Waals surface area contributed by atoms with Crippen molar-refractivity contribution in [3.05, 3.63) is 66.0 Å². The zero-order chi connectivity index (χ0) is 19.1. The molecule has 2 aromatic heterocycles. The minimum atomic E-state index is 0.0764. The Kier molecular flexibility index (Phi) is 4.08. The molecule has 1 aliphatic rings. The molecule has 0 bridgehead atoms. The van der Waals surface area contributed by atoms with Gasteiger partial charge >= 0.3 is 0 Å². The standard InChI is InChI=1S/C23H23N3O2/c1-28-17-7-6-16-12-22(25-21(16)13-17)23(27)26-10-8-15(9-11-26)19-14-24-20-5-3-2-4-18(19)20/h2-7,12-15,24-25H,8-11H2,1H3. The molecular weight excluding hydrogens is 350 g/mol. The third-order valence-electron chi connectivity index (χ3n) is 5.90. The number of aromatic nitrogens is 2. The summed E-state index contributed by atoms with van der Waals surface area (Å²) in [6, 6.07) is 16.2. The highest BCUT2D eigenvalue weighted by atomic mass is 16.5. The third kappa shape index (κ3) is 2.83. The van der Waals surface area contributed by atoms with Gasteiger partial charge in [-0.1, -0.05) is 18.2 Å². The Morgan fingerprint density at radius 3 is 2.71 bits per heavy atom. The van der Waals surface area contributed by atoms with Gasteiger partial charge in [0.05, 0.1) is 7.11 Å². The molecule has 0 spiro atoms. The molecule has 0 saturated carbocycles. The summed E-state index contributed by atoms with van der Waals surface area (Å²) in [7, 11) is 1.65. The maximum absolute atomic E-state index is 13.0. The molecule has 4 aromatic rings. The van der Waals surface area contributed by atoms with Crippen molar-refractivity contribution in [2.24, 2.45) is 0 Å². The molecule has 5 heteroatoms. The maximum Gasteiger partial charge on any atom is 0.270 e. The monoisotopic (exact) mass is 373 g/mol. The van der Waals surface area contributed by atoms with E-state index in [4.69, 9.17) is 4.74 Å². The van der Waals surface area contributed by atoms with Crippen LogP contribution in [0.1, 0.15) is 34.8 Å². The van der Waals surface area contributed by atoms with Crippen LogP contribution in [0.5, 0.6) is 5.75 Å². The molecule has 0 radical (unpaired) electrons. The van der Waals surface area contributed by atoms with Gasteiger partial charge in [0.25, 0.3) is 5.91 Å². The van der Waals surface area contributed by atoms with Crippen LogP contribution in [0.25, 0.3) is 21.8 Å². The van der Waals surface area contributed by atoms with Crippen molar-refractivity contribution < 1.29 is 9.53 Å². The van der Waals surface area contributed by atoms with Crippen LogP contribution in [0, 0.1) is 0 Å². The van der Waals surface area contributed by atoms with E-state index in [1.807, 2.05) is 29.2 Å². The number of fused-ring (bicyclic) bond motifs is 2. The molecule has 2 N–H and O–H groups in total. The average Bonchev–Trinajstić information content (AvgIpc) is 3.37. The molecule has 3 heterocycles. The second kappa shape index (κ2) is 6.75. The van der Waals surface area contributed by atoms with Crippen LogP contribution in [0.15, 0.2) is 54.7 Å². The number of carbonyl (C=O) groups excluding carboxylic acids is 1. The van der Waals surface area contributed by atoms with Crippen molar-refractivity contribution in [3.8, 4) is 5.75 Å². The third-order valence-corrected chi connectivity index (χ3v) is 5.90. The Balaban J connectivity index is 1.32. The van der Waals surface area contributed by atoms with Crippen molar-refractivity contribution in [2.75, 3.05) is 20.2 Å². The molecule has 0 unspecified atom stereocenters. The maximum atomic E-state index is 13.0.